The second-order valence-corrected chi connectivity index (χ2v) is 5.49. The highest BCUT2D eigenvalue weighted by atomic mass is 31.1. The van der Waals surface area contributed by atoms with E-state index in [0.29, 0.717) is 8.46 Å². The maximum absolute atomic E-state index is 10.3. The first-order valence-electron chi connectivity index (χ1n) is 6.46. The predicted octanol–water partition coefficient (Wildman–Crippen LogP) is 5.16. The average Bonchev–Trinajstić information content (AvgIpc) is 2.27. The molecule has 0 radical (unpaired) electrons. The van der Waals surface area contributed by atoms with E-state index in [4.69, 9.17) is 0 Å². The fourth-order valence-corrected chi connectivity index (χ4v) is 2.64. The van der Waals surface area contributed by atoms with Crippen molar-refractivity contribution in [1.82, 2.24) is 0 Å². The molecule has 15 heavy (non-hydrogen) atoms. The van der Waals surface area contributed by atoms with Gasteiger partial charge in [-0.2, -0.15) is 0 Å². The summed E-state index contributed by atoms with van der Waals surface area (Å²) in [5, 5.41) is 0. The third kappa shape index (κ3) is 6.30. The molecule has 1 nitrogen and oxygen atoms in total. The van der Waals surface area contributed by atoms with Gasteiger partial charge in [0.05, 0.1) is 0 Å². The predicted molar refractivity (Wildman–Crippen MR) is 68.7 cm³/mol. The lowest BCUT2D eigenvalue weighted by atomic mass is 9.78. The zero-order chi connectivity index (χ0) is 11.7. The number of rotatable bonds is 9. The summed E-state index contributed by atoms with van der Waals surface area (Å²) in [7, 11) is 0.316. The Labute approximate surface area is 97.2 Å². The molecule has 90 valence electrons. The van der Waals surface area contributed by atoms with Crippen LogP contribution in [-0.4, -0.2) is 6.16 Å². The Kier molecular flexibility index (Phi) is 9.40. The Morgan fingerprint density at radius 2 is 1.53 bits per heavy atom. The van der Waals surface area contributed by atoms with Crippen molar-refractivity contribution in [3.8, 4) is 0 Å². The highest BCUT2D eigenvalue weighted by Crippen LogP contribution is 2.30. The van der Waals surface area contributed by atoms with Gasteiger partial charge >= 0.3 is 0 Å². The molecular formula is C13H27OP. The third-order valence-corrected chi connectivity index (χ3v) is 4.29. The fourth-order valence-electron chi connectivity index (χ4n) is 2.29. The molecule has 0 saturated heterocycles. The van der Waals surface area contributed by atoms with Crippen LogP contribution in [0.2, 0.25) is 0 Å². The molecule has 0 aromatic heterocycles. The van der Waals surface area contributed by atoms with Crippen LogP contribution in [0.4, 0.5) is 0 Å². The van der Waals surface area contributed by atoms with E-state index in [-0.39, 0.29) is 0 Å². The monoisotopic (exact) mass is 230 g/mol. The molecule has 2 unspecified atom stereocenters. The summed E-state index contributed by atoms with van der Waals surface area (Å²) < 4.78 is 10.3. The van der Waals surface area contributed by atoms with Crippen molar-refractivity contribution < 1.29 is 4.57 Å². The van der Waals surface area contributed by atoms with Gasteiger partial charge in [-0.25, -0.2) is 0 Å². The van der Waals surface area contributed by atoms with Crippen LogP contribution >= 0.6 is 8.46 Å². The zero-order valence-corrected chi connectivity index (χ0v) is 11.7. The van der Waals surface area contributed by atoms with Gasteiger partial charge in [0, 0.05) is 6.16 Å². The van der Waals surface area contributed by atoms with Crippen LogP contribution in [0.5, 0.6) is 0 Å². The summed E-state index contributed by atoms with van der Waals surface area (Å²) in [6, 6.07) is 0. The number of hydrogen-bond donors (Lipinski definition) is 0. The van der Waals surface area contributed by atoms with Gasteiger partial charge in [-0.3, -0.25) is 4.57 Å². The van der Waals surface area contributed by atoms with E-state index in [2.05, 4.69) is 27.7 Å². The molecule has 0 N–H and O–H groups in total. The van der Waals surface area contributed by atoms with Crippen molar-refractivity contribution in [3.05, 3.63) is 0 Å². The minimum Gasteiger partial charge on any atom is -0.275 e. The minimum atomic E-state index is 0.316. The molecule has 0 heterocycles. The van der Waals surface area contributed by atoms with Gasteiger partial charge in [-0.1, -0.05) is 47.0 Å². The van der Waals surface area contributed by atoms with E-state index < -0.39 is 0 Å². The van der Waals surface area contributed by atoms with Crippen molar-refractivity contribution >= 4 is 8.46 Å². The van der Waals surface area contributed by atoms with Gasteiger partial charge < -0.3 is 0 Å². The van der Waals surface area contributed by atoms with Crippen LogP contribution in [0.3, 0.4) is 0 Å². The molecule has 0 aromatic rings. The first-order chi connectivity index (χ1) is 7.17. The van der Waals surface area contributed by atoms with E-state index in [1.807, 2.05) is 0 Å². The van der Waals surface area contributed by atoms with E-state index in [9.17, 15) is 4.57 Å². The maximum atomic E-state index is 10.3. The van der Waals surface area contributed by atoms with Crippen LogP contribution in [-0.2, 0) is 4.57 Å². The summed E-state index contributed by atoms with van der Waals surface area (Å²) >= 11 is 0. The van der Waals surface area contributed by atoms with Crippen LogP contribution < -0.4 is 0 Å². The molecule has 0 spiro atoms. The molecule has 0 rings (SSSR count). The number of hydrogen-bond acceptors (Lipinski definition) is 1. The lowest BCUT2D eigenvalue weighted by Crippen LogP contribution is -2.19. The Bertz CT molecular complexity index is 149. The SMILES string of the molecule is CCC(C)C(CCCCP=O)C(C)CC. The van der Waals surface area contributed by atoms with Crippen LogP contribution in [0.1, 0.15) is 59.8 Å². The fraction of sp³-hybridized carbons (Fsp3) is 1.00. The Balaban J connectivity index is 3.95. The smallest absolute Gasteiger partial charge is 0.155 e. The molecular weight excluding hydrogens is 203 g/mol. The normalized spacial score (nSPS) is 17.6. The Morgan fingerprint density at radius 3 is 1.93 bits per heavy atom. The molecule has 0 fully saturated rings. The topological polar surface area (TPSA) is 17.1 Å². The summed E-state index contributed by atoms with van der Waals surface area (Å²) in [5.41, 5.74) is 0. The summed E-state index contributed by atoms with van der Waals surface area (Å²) in [5.74, 6) is 2.54. The van der Waals surface area contributed by atoms with Gasteiger partial charge in [-0.15, -0.1) is 0 Å². The second kappa shape index (κ2) is 9.33. The molecule has 0 aliphatic carbocycles. The van der Waals surface area contributed by atoms with Crippen molar-refractivity contribution in [1.29, 1.82) is 0 Å². The quantitative estimate of drug-likeness (QED) is 0.395. The van der Waals surface area contributed by atoms with Crippen molar-refractivity contribution in [2.45, 2.75) is 59.8 Å². The molecule has 0 aliphatic heterocycles. The molecule has 0 aliphatic rings. The highest BCUT2D eigenvalue weighted by Gasteiger charge is 2.20. The summed E-state index contributed by atoms with van der Waals surface area (Å²) in [6.45, 7) is 9.33. The van der Waals surface area contributed by atoms with Crippen LogP contribution in [0, 0.1) is 17.8 Å². The van der Waals surface area contributed by atoms with Gasteiger partial charge in [0.15, 0.2) is 8.46 Å². The average molecular weight is 230 g/mol. The lowest BCUT2D eigenvalue weighted by Gasteiger charge is -2.28. The molecule has 2 atom stereocenters. The van der Waals surface area contributed by atoms with Crippen molar-refractivity contribution in [2.75, 3.05) is 6.16 Å². The minimum absolute atomic E-state index is 0.316. The molecule has 2 heteroatoms. The Morgan fingerprint density at radius 1 is 1.00 bits per heavy atom. The van der Waals surface area contributed by atoms with E-state index in [1.54, 1.807) is 0 Å². The van der Waals surface area contributed by atoms with E-state index in [0.717, 1.165) is 30.3 Å². The number of unbranched alkanes of at least 4 members (excludes halogenated alkanes) is 1. The van der Waals surface area contributed by atoms with Crippen LogP contribution in [0.25, 0.3) is 0 Å². The second-order valence-electron chi connectivity index (χ2n) is 4.78. The largest absolute Gasteiger partial charge is 0.275 e. The first-order valence-corrected chi connectivity index (χ1v) is 7.46. The molecule has 0 amide bonds. The maximum Gasteiger partial charge on any atom is 0.155 e. The highest BCUT2D eigenvalue weighted by molar-refractivity contribution is 7.23. The lowest BCUT2D eigenvalue weighted by molar-refractivity contribution is 0.223. The zero-order valence-electron chi connectivity index (χ0n) is 10.8. The molecule has 0 bridgehead atoms. The van der Waals surface area contributed by atoms with Gasteiger partial charge in [0.25, 0.3) is 0 Å². The van der Waals surface area contributed by atoms with Crippen molar-refractivity contribution in [2.24, 2.45) is 17.8 Å². The van der Waals surface area contributed by atoms with E-state index in [1.165, 1.54) is 25.7 Å². The third-order valence-electron chi connectivity index (χ3n) is 3.79. The van der Waals surface area contributed by atoms with Gasteiger partial charge in [0.1, 0.15) is 0 Å². The van der Waals surface area contributed by atoms with Crippen LogP contribution in [0.15, 0.2) is 0 Å². The van der Waals surface area contributed by atoms with Crippen molar-refractivity contribution in [3.63, 3.8) is 0 Å². The standard InChI is InChI=1S/C13H27OP/c1-5-11(3)13(12(4)6-2)9-7-8-10-15-14/h11-13H,5-10H2,1-4H3. The van der Waals surface area contributed by atoms with E-state index >= 15 is 0 Å². The first kappa shape index (κ1) is 15.1. The Hall–Kier alpha value is 0.100. The molecule has 0 saturated carbocycles. The summed E-state index contributed by atoms with van der Waals surface area (Å²) in [4.78, 5) is 0. The van der Waals surface area contributed by atoms with Gasteiger partial charge in [-0.05, 0) is 30.6 Å². The van der Waals surface area contributed by atoms with Gasteiger partial charge in [0.2, 0.25) is 0 Å². The summed E-state index contributed by atoms with van der Waals surface area (Å²) in [6.07, 6.45) is 7.10. The molecule has 0 aromatic carbocycles.